The van der Waals surface area contributed by atoms with Crippen LogP contribution in [-0.4, -0.2) is 27.5 Å². The first-order chi connectivity index (χ1) is 12.7. The van der Waals surface area contributed by atoms with Crippen LogP contribution in [0.2, 0.25) is 0 Å². The number of aromatic nitrogens is 3. The van der Waals surface area contributed by atoms with Crippen molar-refractivity contribution >= 4 is 5.96 Å². The fourth-order valence-corrected chi connectivity index (χ4v) is 2.41. The van der Waals surface area contributed by atoms with Crippen LogP contribution in [0.25, 0.3) is 5.82 Å². The van der Waals surface area contributed by atoms with Crippen molar-refractivity contribution in [3.8, 4) is 5.82 Å². The molecule has 1 aromatic carbocycles. The van der Waals surface area contributed by atoms with E-state index < -0.39 is 0 Å². The topological polar surface area (TPSA) is 67.1 Å². The zero-order chi connectivity index (χ0) is 18.4. The average Bonchev–Trinajstić information content (AvgIpc) is 3.20. The van der Waals surface area contributed by atoms with E-state index in [1.54, 1.807) is 32.6 Å². The number of hydrogen-bond acceptors (Lipinski definition) is 3. The van der Waals surface area contributed by atoms with Crippen LogP contribution < -0.4 is 10.6 Å². The Balaban J connectivity index is 1.53. The molecule has 0 radical (unpaired) electrons. The van der Waals surface area contributed by atoms with Crippen molar-refractivity contribution in [2.24, 2.45) is 4.99 Å². The Morgan fingerprint density at radius 2 is 1.92 bits per heavy atom. The zero-order valence-corrected chi connectivity index (χ0v) is 14.8. The van der Waals surface area contributed by atoms with Gasteiger partial charge in [0.1, 0.15) is 18.0 Å². The van der Waals surface area contributed by atoms with Gasteiger partial charge in [0.25, 0.3) is 0 Å². The van der Waals surface area contributed by atoms with Crippen LogP contribution >= 0.6 is 0 Å². The van der Waals surface area contributed by atoms with Gasteiger partial charge in [0.15, 0.2) is 5.96 Å². The first kappa shape index (κ1) is 17.6. The summed E-state index contributed by atoms with van der Waals surface area (Å²) < 4.78 is 15.4. The number of imidazole rings is 1. The molecular formula is C19H21FN6. The summed E-state index contributed by atoms with van der Waals surface area (Å²) in [4.78, 5) is 12.6. The van der Waals surface area contributed by atoms with Crippen LogP contribution in [0.15, 0.2) is 60.2 Å². The molecule has 0 saturated carbocycles. The van der Waals surface area contributed by atoms with Gasteiger partial charge in [-0.1, -0.05) is 18.2 Å². The number of aryl methyl sites for hydroxylation is 1. The lowest BCUT2D eigenvalue weighted by Gasteiger charge is -2.12. The number of nitrogens with one attached hydrogen (secondary N) is 2. The maximum absolute atomic E-state index is 13.6. The molecule has 0 spiro atoms. The minimum absolute atomic E-state index is 0.198. The van der Waals surface area contributed by atoms with E-state index in [4.69, 9.17) is 0 Å². The van der Waals surface area contributed by atoms with E-state index in [1.165, 1.54) is 6.07 Å². The Morgan fingerprint density at radius 1 is 1.15 bits per heavy atom. The van der Waals surface area contributed by atoms with Crippen LogP contribution in [0.5, 0.6) is 0 Å². The second-order valence-electron chi connectivity index (χ2n) is 5.86. The van der Waals surface area contributed by atoms with Crippen molar-refractivity contribution in [3.05, 3.63) is 77.8 Å². The normalized spacial score (nSPS) is 11.4. The highest BCUT2D eigenvalue weighted by atomic mass is 19.1. The number of aliphatic imine (C=N–C) groups is 1. The lowest BCUT2D eigenvalue weighted by Crippen LogP contribution is -2.36. The molecule has 26 heavy (non-hydrogen) atoms. The second-order valence-corrected chi connectivity index (χ2v) is 5.86. The summed E-state index contributed by atoms with van der Waals surface area (Å²) in [5.74, 6) is 1.26. The third-order valence-corrected chi connectivity index (χ3v) is 3.96. The molecule has 3 rings (SSSR count). The molecule has 7 heteroatoms. The lowest BCUT2D eigenvalue weighted by molar-refractivity contribution is 0.615. The maximum atomic E-state index is 13.6. The van der Waals surface area contributed by atoms with Gasteiger partial charge in [-0.3, -0.25) is 9.56 Å². The fraction of sp³-hybridized carbons (Fsp3) is 0.211. The molecule has 0 aliphatic heterocycles. The highest BCUT2D eigenvalue weighted by Crippen LogP contribution is 2.09. The average molecular weight is 352 g/mol. The Hall–Kier alpha value is -3.22. The summed E-state index contributed by atoms with van der Waals surface area (Å²) >= 11 is 0. The molecule has 6 nitrogen and oxygen atoms in total. The summed E-state index contributed by atoms with van der Waals surface area (Å²) in [5.41, 5.74) is 2.53. The molecule has 0 saturated heterocycles. The summed E-state index contributed by atoms with van der Waals surface area (Å²) in [5, 5.41) is 6.40. The molecule has 134 valence electrons. The van der Waals surface area contributed by atoms with E-state index in [2.05, 4.69) is 25.6 Å². The van der Waals surface area contributed by atoms with E-state index in [1.807, 2.05) is 35.2 Å². The van der Waals surface area contributed by atoms with Crippen molar-refractivity contribution in [1.82, 2.24) is 25.2 Å². The van der Waals surface area contributed by atoms with E-state index in [9.17, 15) is 4.39 Å². The van der Waals surface area contributed by atoms with Gasteiger partial charge in [0, 0.05) is 38.7 Å². The van der Waals surface area contributed by atoms with Gasteiger partial charge >= 0.3 is 0 Å². The predicted octanol–water partition coefficient (Wildman–Crippen LogP) is 2.58. The Labute approximate surface area is 151 Å². The van der Waals surface area contributed by atoms with Crippen molar-refractivity contribution < 1.29 is 4.39 Å². The smallest absolute Gasteiger partial charge is 0.191 e. The van der Waals surface area contributed by atoms with Crippen LogP contribution in [0.3, 0.4) is 0 Å². The standard InChI is InChI=1S/C19H21FN6/c1-14-3-4-15(9-17(14)20)10-24-19(21-2)25-12-16-5-6-18(23-11-16)26-8-7-22-13-26/h3-9,11,13H,10,12H2,1-2H3,(H2,21,24,25). The van der Waals surface area contributed by atoms with Crippen molar-refractivity contribution in [3.63, 3.8) is 0 Å². The number of benzene rings is 1. The summed E-state index contributed by atoms with van der Waals surface area (Å²) in [6, 6.07) is 9.14. The highest BCUT2D eigenvalue weighted by Gasteiger charge is 2.03. The molecule has 0 fully saturated rings. The van der Waals surface area contributed by atoms with E-state index >= 15 is 0 Å². The third-order valence-electron chi connectivity index (χ3n) is 3.96. The van der Waals surface area contributed by atoms with Gasteiger partial charge < -0.3 is 10.6 Å². The van der Waals surface area contributed by atoms with Crippen LogP contribution in [0.4, 0.5) is 4.39 Å². The maximum Gasteiger partial charge on any atom is 0.191 e. The van der Waals surface area contributed by atoms with Crippen LogP contribution in [0.1, 0.15) is 16.7 Å². The number of rotatable bonds is 5. The number of pyridine rings is 1. The molecule has 3 aromatic rings. The molecule has 0 atom stereocenters. The van der Waals surface area contributed by atoms with Gasteiger partial charge in [-0.05, 0) is 35.7 Å². The van der Waals surface area contributed by atoms with Crippen molar-refractivity contribution in [2.75, 3.05) is 7.05 Å². The van der Waals surface area contributed by atoms with Crippen molar-refractivity contribution in [2.45, 2.75) is 20.0 Å². The SMILES string of the molecule is CN=C(NCc1ccc(-n2ccnc2)nc1)NCc1ccc(C)c(F)c1. The molecule has 0 unspecified atom stereocenters. The fourth-order valence-electron chi connectivity index (χ4n) is 2.41. The first-order valence-corrected chi connectivity index (χ1v) is 8.28. The van der Waals surface area contributed by atoms with Crippen molar-refractivity contribution in [1.29, 1.82) is 0 Å². The molecule has 0 bridgehead atoms. The van der Waals surface area contributed by atoms with Crippen LogP contribution in [0, 0.1) is 12.7 Å². The second kappa shape index (κ2) is 8.24. The predicted molar refractivity (Wildman–Crippen MR) is 99.5 cm³/mol. The number of halogens is 1. The first-order valence-electron chi connectivity index (χ1n) is 8.28. The molecule has 0 aliphatic rings. The lowest BCUT2D eigenvalue weighted by atomic mass is 10.1. The summed E-state index contributed by atoms with van der Waals surface area (Å²) in [6.45, 7) is 2.83. The molecule has 2 heterocycles. The zero-order valence-electron chi connectivity index (χ0n) is 14.8. The molecular weight excluding hydrogens is 331 g/mol. The van der Waals surface area contributed by atoms with Gasteiger partial charge in [0.05, 0.1) is 0 Å². The Bertz CT molecular complexity index is 872. The molecule has 0 amide bonds. The van der Waals surface area contributed by atoms with Gasteiger partial charge in [-0.15, -0.1) is 0 Å². The van der Waals surface area contributed by atoms with Gasteiger partial charge in [-0.2, -0.15) is 0 Å². The largest absolute Gasteiger partial charge is 0.352 e. The minimum Gasteiger partial charge on any atom is -0.352 e. The number of guanidine groups is 1. The van der Waals surface area contributed by atoms with Gasteiger partial charge in [-0.25, -0.2) is 14.4 Å². The van der Waals surface area contributed by atoms with E-state index in [-0.39, 0.29) is 5.82 Å². The minimum atomic E-state index is -0.198. The van der Waals surface area contributed by atoms with Gasteiger partial charge in [0.2, 0.25) is 0 Å². The Kier molecular flexibility index (Phi) is 5.58. The number of nitrogens with zero attached hydrogens (tertiary/aromatic N) is 4. The summed E-state index contributed by atoms with van der Waals surface area (Å²) in [7, 11) is 1.70. The number of hydrogen-bond donors (Lipinski definition) is 2. The Morgan fingerprint density at radius 3 is 2.54 bits per heavy atom. The summed E-state index contributed by atoms with van der Waals surface area (Å²) in [6.07, 6.45) is 7.08. The third kappa shape index (κ3) is 4.44. The highest BCUT2D eigenvalue weighted by molar-refractivity contribution is 5.79. The molecule has 2 N–H and O–H groups in total. The van der Waals surface area contributed by atoms with Crippen LogP contribution in [-0.2, 0) is 13.1 Å². The van der Waals surface area contributed by atoms with E-state index in [0.717, 1.165) is 16.9 Å². The quantitative estimate of drug-likeness (QED) is 0.547. The van der Waals surface area contributed by atoms with E-state index in [0.29, 0.717) is 24.6 Å². The molecule has 0 aliphatic carbocycles. The monoisotopic (exact) mass is 352 g/mol. The molecule has 2 aromatic heterocycles.